The van der Waals surface area contributed by atoms with E-state index in [1.165, 1.54) is 0 Å². The number of amides is 1. The maximum absolute atomic E-state index is 12.6. The molecule has 0 saturated heterocycles. The average Bonchev–Trinajstić information content (AvgIpc) is 3.13. The highest BCUT2D eigenvalue weighted by Crippen LogP contribution is 2.43. The fourth-order valence-electron chi connectivity index (χ4n) is 4.17. The number of nitrogens with one attached hydrogen (secondary N) is 1. The second-order valence-corrected chi connectivity index (χ2v) is 8.90. The zero-order valence-corrected chi connectivity index (χ0v) is 17.8. The number of hydrogen-bond acceptors (Lipinski definition) is 7. The normalized spacial score (nSPS) is 15.7. The van der Waals surface area contributed by atoms with E-state index in [2.05, 4.69) is 44.1 Å². The van der Waals surface area contributed by atoms with Gasteiger partial charge in [0.2, 0.25) is 5.91 Å². The van der Waals surface area contributed by atoms with Crippen LogP contribution in [-0.2, 0) is 11.3 Å². The summed E-state index contributed by atoms with van der Waals surface area (Å²) >= 11 is 0. The Morgan fingerprint density at radius 1 is 1.23 bits per heavy atom. The molecule has 1 aliphatic carbocycles. The van der Waals surface area contributed by atoms with Gasteiger partial charge >= 0.3 is 0 Å². The third-order valence-electron chi connectivity index (χ3n) is 5.85. The molecular weight excluding hydrogens is 392 g/mol. The van der Waals surface area contributed by atoms with Crippen molar-refractivity contribution in [2.24, 2.45) is 5.41 Å². The molecule has 0 atom stereocenters. The molecule has 1 N–H and O–H groups in total. The van der Waals surface area contributed by atoms with Crippen molar-refractivity contribution in [1.82, 2.24) is 29.7 Å². The quantitative estimate of drug-likeness (QED) is 0.533. The molecule has 158 valence electrons. The summed E-state index contributed by atoms with van der Waals surface area (Å²) in [4.78, 5) is 32.5. The molecule has 31 heavy (non-hydrogen) atoms. The molecule has 4 aromatic rings. The van der Waals surface area contributed by atoms with E-state index < -0.39 is 0 Å². The van der Waals surface area contributed by atoms with Gasteiger partial charge < -0.3 is 10.2 Å². The first kappa shape index (κ1) is 19.3. The van der Waals surface area contributed by atoms with Crippen molar-refractivity contribution in [3.05, 3.63) is 43.0 Å². The van der Waals surface area contributed by atoms with Gasteiger partial charge in [0, 0.05) is 24.7 Å². The van der Waals surface area contributed by atoms with Gasteiger partial charge in [-0.25, -0.2) is 24.6 Å². The number of hydrogen-bond donors (Lipinski definition) is 1. The van der Waals surface area contributed by atoms with Crippen LogP contribution >= 0.6 is 0 Å². The van der Waals surface area contributed by atoms with Crippen LogP contribution in [0.25, 0.3) is 22.2 Å². The van der Waals surface area contributed by atoms with Crippen LogP contribution in [0.5, 0.6) is 0 Å². The second kappa shape index (κ2) is 7.26. The van der Waals surface area contributed by atoms with E-state index >= 15 is 0 Å². The van der Waals surface area contributed by atoms with E-state index in [0.717, 1.165) is 24.0 Å². The molecular formula is C22H24N8O. The van der Waals surface area contributed by atoms with Crippen LogP contribution < -0.4 is 10.2 Å². The van der Waals surface area contributed by atoms with Gasteiger partial charge in [0.15, 0.2) is 11.3 Å². The topological polar surface area (TPSA) is 102 Å². The van der Waals surface area contributed by atoms with Gasteiger partial charge in [0.25, 0.3) is 0 Å². The first-order valence-electron chi connectivity index (χ1n) is 10.3. The lowest BCUT2D eigenvalue weighted by atomic mass is 9.68. The third kappa shape index (κ3) is 3.78. The molecule has 0 aliphatic heterocycles. The number of rotatable bonds is 5. The van der Waals surface area contributed by atoms with Gasteiger partial charge in [-0.15, -0.1) is 0 Å². The highest BCUT2D eigenvalue weighted by molar-refractivity contribution is 5.93. The molecule has 1 amide bonds. The molecule has 4 heterocycles. The number of carbonyl (C=O) groups excluding carboxylic acids is 1. The second-order valence-electron chi connectivity index (χ2n) is 8.90. The van der Waals surface area contributed by atoms with E-state index in [0.29, 0.717) is 34.0 Å². The minimum absolute atomic E-state index is 0.0346. The monoisotopic (exact) mass is 416 g/mol. The molecule has 1 aliphatic rings. The lowest BCUT2D eigenvalue weighted by Gasteiger charge is -2.47. The van der Waals surface area contributed by atoms with Crippen molar-refractivity contribution in [1.29, 1.82) is 0 Å². The van der Waals surface area contributed by atoms with Gasteiger partial charge in [-0.1, -0.05) is 13.8 Å². The summed E-state index contributed by atoms with van der Waals surface area (Å²) in [5.41, 5.74) is 2.89. The Balaban J connectivity index is 1.33. The van der Waals surface area contributed by atoms with Gasteiger partial charge in [0.1, 0.15) is 17.9 Å². The number of nitrogens with zero attached hydrogens (tertiary/aromatic N) is 7. The average molecular weight is 416 g/mol. The molecule has 0 bridgehead atoms. The highest BCUT2D eigenvalue weighted by Gasteiger charge is 2.38. The fourth-order valence-corrected chi connectivity index (χ4v) is 4.17. The van der Waals surface area contributed by atoms with E-state index in [9.17, 15) is 4.79 Å². The Hall–Kier alpha value is -3.62. The van der Waals surface area contributed by atoms with Crippen LogP contribution in [0.3, 0.4) is 0 Å². The minimum Gasteiger partial charge on any atom is -0.355 e. The summed E-state index contributed by atoms with van der Waals surface area (Å²) in [7, 11) is 2.05. The van der Waals surface area contributed by atoms with Crippen LogP contribution in [0.15, 0.2) is 43.0 Å². The molecule has 9 nitrogen and oxygen atoms in total. The first-order chi connectivity index (χ1) is 14.9. The summed E-state index contributed by atoms with van der Waals surface area (Å²) < 4.78 is 1.58. The van der Waals surface area contributed by atoms with Crippen molar-refractivity contribution in [3.63, 3.8) is 0 Å². The lowest BCUT2D eigenvalue weighted by Crippen LogP contribution is -2.47. The maximum Gasteiger partial charge on any atom is 0.246 e. The Kier molecular flexibility index (Phi) is 4.53. The zero-order chi connectivity index (χ0) is 21.6. The zero-order valence-electron chi connectivity index (χ0n) is 17.8. The maximum atomic E-state index is 12.6. The molecule has 0 unspecified atom stereocenters. The fraction of sp³-hybridized carbons (Fsp3) is 0.364. The Morgan fingerprint density at radius 2 is 2.06 bits per heavy atom. The largest absolute Gasteiger partial charge is 0.355 e. The number of pyridine rings is 2. The summed E-state index contributed by atoms with van der Waals surface area (Å²) in [6.45, 7) is 4.59. The summed E-state index contributed by atoms with van der Waals surface area (Å²) in [5, 5.41) is 8.05. The lowest BCUT2D eigenvalue weighted by molar-refractivity contribution is -0.116. The van der Waals surface area contributed by atoms with E-state index in [-0.39, 0.29) is 12.5 Å². The third-order valence-corrected chi connectivity index (χ3v) is 5.85. The summed E-state index contributed by atoms with van der Waals surface area (Å²) in [5.74, 6) is 0.581. The Labute approximate surface area is 179 Å². The predicted octanol–water partition coefficient (Wildman–Crippen LogP) is 3.03. The smallest absolute Gasteiger partial charge is 0.246 e. The molecule has 9 heteroatoms. The predicted molar refractivity (Wildman–Crippen MR) is 119 cm³/mol. The van der Waals surface area contributed by atoms with Crippen LogP contribution in [0, 0.1) is 5.41 Å². The molecule has 4 aromatic heterocycles. The minimum atomic E-state index is -0.212. The van der Waals surface area contributed by atoms with Gasteiger partial charge in [-0.05, 0) is 36.5 Å². The van der Waals surface area contributed by atoms with Crippen LogP contribution in [0.4, 0.5) is 11.5 Å². The summed E-state index contributed by atoms with van der Waals surface area (Å²) in [6.07, 6.45) is 8.94. The van der Waals surface area contributed by atoms with E-state index in [4.69, 9.17) is 4.98 Å². The molecule has 0 radical (unpaired) electrons. The van der Waals surface area contributed by atoms with E-state index in [1.807, 2.05) is 25.2 Å². The van der Waals surface area contributed by atoms with Gasteiger partial charge in [-0.2, -0.15) is 5.10 Å². The molecule has 0 spiro atoms. The van der Waals surface area contributed by atoms with Crippen LogP contribution in [0.2, 0.25) is 0 Å². The Morgan fingerprint density at radius 3 is 2.87 bits per heavy atom. The number of carbonyl (C=O) groups is 1. The number of aromatic nitrogens is 6. The van der Waals surface area contributed by atoms with Crippen molar-refractivity contribution in [2.45, 2.75) is 39.3 Å². The van der Waals surface area contributed by atoms with Crippen LogP contribution in [0.1, 0.15) is 26.7 Å². The number of fused-ring (bicyclic) bond motifs is 2. The van der Waals surface area contributed by atoms with Crippen molar-refractivity contribution in [2.75, 3.05) is 17.3 Å². The van der Waals surface area contributed by atoms with Crippen molar-refractivity contribution in [3.8, 4) is 0 Å². The summed E-state index contributed by atoms with van der Waals surface area (Å²) in [6, 6.07) is 6.05. The Bertz CT molecular complexity index is 1270. The van der Waals surface area contributed by atoms with Crippen molar-refractivity contribution < 1.29 is 4.79 Å². The number of anilines is 2. The first-order valence-corrected chi connectivity index (χ1v) is 10.3. The molecule has 1 saturated carbocycles. The molecule has 0 aromatic carbocycles. The highest BCUT2D eigenvalue weighted by atomic mass is 16.2. The molecule has 5 rings (SSSR count). The van der Waals surface area contributed by atoms with Gasteiger partial charge in [-0.3, -0.25) is 4.79 Å². The van der Waals surface area contributed by atoms with E-state index in [1.54, 1.807) is 29.5 Å². The standard InChI is InChI=1S/C22H24N8O/c1-22(2)8-16(9-22)29(3)18-12-24-17-11-26-30(21(17)28-18)13-19(31)27-15-7-14-5-4-6-23-20(14)25-10-15/h4-7,10-12,16H,8-9,13H2,1-3H3,(H,27,31). The van der Waals surface area contributed by atoms with Crippen molar-refractivity contribution >= 4 is 39.6 Å². The van der Waals surface area contributed by atoms with Crippen LogP contribution in [-0.4, -0.2) is 48.7 Å². The molecule has 1 fully saturated rings. The SMILES string of the molecule is CN(c1cnc2cnn(CC(=O)Nc3cnc4ncccc4c3)c2n1)C1CC(C)(C)C1. The van der Waals surface area contributed by atoms with Gasteiger partial charge in [0.05, 0.1) is 24.3 Å².